The highest BCUT2D eigenvalue weighted by Gasteiger charge is 2.28. The molecular weight excluding hydrogens is 450 g/mol. The first-order chi connectivity index (χ1) is 13.8. The number of para-hydroxylation sites is 4. The summed E-state index contributed by atoms with van der Waals surface area (Å²) in [5, 5.41) is 4.16. The molecule has 0 saturated heterocycles. The minimum atomic E-state index is 0. The van der Waals surface area contributed by atoms with Crippen LogP contribution < -0.4 is 18.7 Å². The second kappa shape index (κ2) is 9.54. The smallest absolute Gasteiger partial charge is 0.354 e. The van der Waals surface area contributed by atoms with E-state index in [0.717, 1.165) is 39.4 Å². The summed E-state index contributed by atoms with van der Waals surface area (Å²) >= 11 is 1.51. The average Bonchev–Trinajstić information content (AvgIpc) is 3.17. The number of anilines is 2. The molecule has 0 aliphatic rings. The first-order valence-electron chi connectivity index (χ1n) is 8.82. The molecule has 5 nitrogen and oxygen atoms in total. The summed E-state index contributed by atoms with van der Waals surface area (Å²) in [5.41, 5.74) is 2.81. The molecule has 1 N–H and O–H groups in total. The zero-order chi connectivity index (χ0) is 19.3. The molecule has 0 spiro atoms. The van der Waals surface area contributed by atoms with Gasteiger partial charge in [-0.25, -0.2) is 0 Å². The predicted octanol–water partition coefficient (Wildman–Crippen LogP) is 5.43. The molecule has 0 aliphatic carbocycles. The molecule has 0 unspecified atom stereocenters. The van der Waals surface area contributed by atoms with E-state index < -0.39 is 0 Å². The van der Waals surface area contributed by atoms with E-state index >= 15 is 0 Å². The number of methoxy groups -OCH3 is 2. The third kappa shape index (κ3) is 4.41. The Kier molecular flexibility index (Phi) is 6.85. The van der Waals surface area contributed by atoms with E-state index in [9.17, 15) is 0 Å². The molecule has 0 bridgehead atoms. The summed E-state index contributed by atoms with van der Waals surface area (Å²) in [6, 6.07) is 25.8. The molecule has 4 aromatic rings. The van der Waals surface area contributed by atoms with Gasteiger partial charge in [-0.1, -0.05) is 42.5 Å². The van der Waals surface area contributed by atoms with Crippen LogP contribution in [0.15, 0.2) is 78.9 Å². The Hall–Kier alpha value is -2.90. The van der Waals surface area contributed by atoms with Crippen LogP contribution in [0.3, 0.4) is 0 Å². The van der Waals surface area contributed by atoms with Crippen molar-refractivity contribution in [3.05, 3.63) is 78.9 Å². The number of hydrogen-bond acceptors (Lipinski definition) is 5. The van der Waals surface area contributed by atoms with Gasteiger partial charge in [-0.3, -0.25) is 0 Å². The van der Waals surface area contributed by atoms with Crippen molar-refractivity contribution in [2.24, 2.45) is 0 Å². The average molecular weight is 471 g/mol. The van der Waals surface area contributed by atoms with Crippen LogP contribution in [-0.4, -0.2) is 19.2 Å². The Morgan fingerprint density at radius 2 is 1.41 bits per heavy atom. The van der Waals surface area contributed by atoms with E-state index in [2.05, 4.69) is 9.27 Å². The minimum Gasteiger partial charge on any atom is -0.496 e. The highest BCUT2D eigenvalue weighted by atomic mass is 79.9. The Morgan fingerprint density at radius 1 is 0.793 bits per heavy atom. The minimum absolute atomic E-state index is 0. The van der Waals surface area contributed by atoms with Gasteiger partial charge >= 0.3 is 11.0 Å². The quantitative estimate of drug-likeness (QED) is 0.382. The third-order valence-corrected chi connectivity index (χ3v) is 5.17. The van der Waals surface area contributed by atoms with E-state index in [1.807, 2.05) is 78.9 Å². The van der Waals surface area contributed by atoms with Gasteiger partial charge in [-0.15, -0.1) is 20.9 Å². The summed E-state index contributed by atoms with van der Waals surface area (Å²) in [5.74, 6) is 2.33. The normalized spacial score (nSPS) is 10.1. The van der Waals surface area contributed by atoms with Crippen molar-refractivity contribution in [3.8, 4) is 28.6 Å². The number of nitrogens with zero attached hydrogens (tertiary/aromatic N) is 2. The molecule has 3 aromatic carbocycles. The first kappa shape index (κ1) is 20.8. The lowest BCUT2D eigenvalue weighted by Crippen LogP contribution is -2.28. The summed E-state index contributed by atoms with van der Waals surface area (Å²) in [6.07, 6.45) is 0. The molecule has 0 saturated carbocycles. The van der Waals surface area contributed by atoms with Crippen LogP contribution in [0.4, 0.5) is 10.8 Å². The van der Waals surface area contributed by atoms with Crippen molar-refractivity contribution in [2.75, 3.05) is 19.5 Å². The fourth-order valence-electron chi connectivity index (χ4n) is 2.95. The molecule has 29 heavy (non-hydrogen) atoms. The maximum Gasteiger partial charge on any atom is 0.354 e. The molecule has 0 amide bonds. The lowest BCUT2D eigenvalue weighted by Gasteiger charge is -2.06. The lowest BCUT2D eigenvalue weighted by molar-refractivity contribution is -0.510. The monoisotopic (exact) mass is 470 g/mol. The van der Waals surface area contributed by atoms with Crippen molar-refractivity contribution in [1.82, 2.24) is 4.98 Å². The van der Waals surface area contributed by atoms with Gasteiger partial charge in [0.05, 0.1) is 14.2 Å². The van der Waals surface area contributed by atoms with Gasteiger partial charge < -0.3 is 14.8 Å². The third-order valence-electron chi connectivity index (χ3n) is 4.25. The van der Waals surface area contributed by atoms with Gasteiger partial charge in [-0.05, 0) is 41.4 Å². The standard InChI is InChI=1S/C22H19N3O2S.BrH/c1-26-19-14-8-6-12-17(19)21-24-22(23-16-10-4-3-5-11-16)28-25(21)18-13-7-9-15-20(18)27-2;/h3-15H,1-2H3;1H/p+1. The van der Waals surface area contributed by atoms with E-state index in [0.29, 0.717) is 0 Å². The van der Waals surface area contributed by atoms with Gasteiger partial charge in [0.2, 0.25) is 0 Å². The number of aromatic nitrogens is 2. The fourth-order valence-corrected chi connectivity index (χ4v) is 3.89. The Bertz CT molecular complexity index is 1020. The van der Waals surface area contributed by atoms with Crippen molar-refractivity contribution in [1.29, 1.82) is 0 Å². The molecular formula is C22H21BrN3O2S+. The van der Waals surface area contributed by atoms with Crippen molar-refractivity contribution in [3.63, 3.8) is 0 Å². The van der Waals surface area contributed by atoms with Crippen LogP contribution in [0, 0.1) is 0 Å². The second-order valence-corrected chi connectivity index (χ2v) is 6.92. The largest absolute Gasteiger partial charge is 0.496 e. The Morgan fingerprint density at radius 3 is 2.14 bits per heavy atom. The lowest BCUT2D eigenvalue weighted by atomic mass is 10.2. The SMILES string of the molecule is Br.COc1ccccc1-c1nc(Nc2ccccc2)s[n+]1-c1ccccc1OC. The Balaban J connectivity index is 0.00000240. The molecule has 0 atom stereocenters. The molecule has 4 rings (SSSR count). The summed E-state index contributed by atoms with van der Waals surface area (Å²) in [6.45, 7) is 0. The molecule has 1 heterocycles. The van der Waals surface area contributed by atoms with E-state index in [1.165, 1.54) is 11.5 Å². The number of nitrogens with one attached hydrogen (secondary N) is 1. The number of benzene rings is 3. The van der Waals surface area contributed by atoms with Gasteiger partial charge in [-0.2, -0.15) is 0 Å². The van der Waals surface area contributed by atoms with Crippen LogP contribution >= 0.6 is 28.5 Å². The van der Waals surface area contributed by atoms with E-state index in [4.69, 9.17) is 14.5 Å². The number of ether oxygens (including phenoxy) is 2. The van der Waals surface area contributed by atoms with Crippen LogP contribution in [-0.2, 0) is 0 Å². The van der Waals surface area contributed by atoms with Crippen LogP contribution in [0.25, 0.3) is 17.1 Å². The topological polar surface area (TPSA) is 47.3 Å². The second-order valence-electron chi connectivity index (χ2n) is 5.99. The molecule has 1 aromatic heterocycles. The predicted molar refractivity (Wildman–Crippen MR) is 122 cm³/mol. The molecule has 0 radical (unpaired) electrons. The molecule has 148 valence electrons. The number of rotatable bonds is 6. The summed E-state index contributed by atoms with van der Waals surface area (Å²) < 4.78 is 13.2. The summed E-state index contributed by atoms with van der Waals surface area (Å²) in [4.78, 5) is 4.87. The van der Waals surface area contributed by atoms with Crippen molar-refractivity contribution >= 4 is 39.3 Å². The number of hydrogen-bond donors (Lipinski definition) is 1. The van der Waals surface area contributed by atoms with Gasteiger partial charge in [0.25, 0.3) is 0 Å². The molecule has 7 heteroatoms. The zero-order valence-electron chi connectivity index (χ0n) is 16.0. The van der Waals surface area contributed by atoms with Crippen LogP contribution in [0.2, 0.25) is 0 Å². The van der Waals surface area contributed by atoms with Crippen molar-refractivity contribution < 1.29 is 13.4 Å². The van der Waals surface area contributed by atoms with Crippen LogP contribution in [0.1, 0.15) is 0 Å². The highest BCUT2D eigenvalue weighted by Crippen LogP contribution is 2.32. The van der Waals surface area contributed by atoms with E-state index in [-0.39, 0.29) is 17.0 Å². The van der Waals surface area contributed by atoms with Gasteiger partial charge in [0, 0.05) is 5.69 Å². The zero-order valence-corrected chi connectivity index (χ0v) is 18.6. The van der Waals surface area contributed by atoms with Crippen molar-refractivity contribution in [2.45, 2.75) is 0 Å². The maximum atomic E-state index is 5.58. The van der Waals surface area contributed by atoms with Gasteiger partial charge in [0.1, 0.15) is 22.8 Å². The summed E-state index contributed by atoms with van der Waals surface area (Å²) in [7, 11) is 3.34. The highest BCUT2D eigenvalue weighted by molar-refractivity contribution is 8.93. The molecule has 0 fully saturated rings. The Labute approximate surface area is 184 Å². The number of halogens is 1. The molecule has 0 aliphatic heterocycles. The first-order valence-corrected chi connectivity index (χ1v) is 9.59. The maximum absolute atomic E-state index is 5.58. The fraction of sp³-hybridized carbons (Fsp3) is 0.0909. The van der Waals surface area contributed by atoms with Crippen LogP contribution in [0.5, 0.6) is 11.5 Å². The van der Waals surface area contributed by atoms with E-state index in [1.54, 1.807) is 14.2 Å². The van der Waals surface area contributed by atoms with Gasteiger partial charge in [0.15, 0.2) is 11.4 Å².